The molecule has 6 heteroatoms. The van der Waals surface area contributed by atoms with Gasteiger partial charge in [0.15, 0.2) is 5.69 Å². The smallest absolute Gasteiger partial charge is 0.278 e. The summed E-state index contributed by atoms with van der Waals surface area (Å²) in [6, 6.07) is 11.3. The molecule has 1 amide bonds. The Hall–Kier alpha value is -2.66. The second-order valence-corrected chi connectivity index (χ2v) is 6.58. The molecule has 0 radical (unpaired) electrons. The van der Waals surface area contributed by atoms with Crippen LogP contribution in [0.1, 0.15) is 32.9 Å². The maximum absolute atomic E-state index is 12.7. The van der Waals surface area contributed by atoms with E-state index in [0.717, 1.165) is 28.1 Å². The van der Waals surface area contributed by atoms with Gasteiger partial charge in [0.2, 0.25) is 0 Å². The topological polar surface area (TPSA) is 59.8 Å². The van der Waals surface area contributed by atoms with E-state index in [0.29, 0.717) is 16.4 Å². The molecule has 0 saturated heterocycles. The molecule has 5 nitrogen and oxygen atoms in total. The molecule has 0 atom stereocenters. The monoisotopic (exact) mass is 354 g/mol. The molecule has 0 fully saturated rings. The molecule has 2 aromatic carbocycles. The van der Waals surface area contributed by atoms with E-state index >= 15 is 0 Å². The Balaban J connectivity index is 1.92. The number of hydrogen-bond acceptors (Lipinski definition) is 3. The highest BCUT2D eigenvalue weighted by Gasteiger charge is 2.19. The molecule has 3 aromatic rings. The lowest BCUT2D eigenvalue weighted by molar-refractivity contribution is 0.102. The molecule has 0 spiro atoms. The first kappa shape index (κ1) is 17.2. The highest BCUT2D eigenvalue weighted by atomic mass is 35.5. The van der Waals surface area contributed by atoms with Crippen LogP contribution >= 0.6 is 11.6 Å². The molecule has 0 aliphatic carbocycles. The minimum absolute atomic E-state index is 0.277. The van der Waals surface area contributed by atoms with Crippen molar-refractivity contribution in [3.05, 3.63) is 69.5 Å². The van der Waals surface area contributed by atoms with Crippen LogP contribution in [0.5, 0.6) is 0 Å². The molecule has 1 heterocycles. The summed E-state index contributed by atoms with van der Waals surface area (Å²) in [5, 5.41) is 11.7. The highest BCUT2D eigenvalue weighted by Crippen LogP contribution is 2.23. The third-order valence-corrected chi connectivity index (χ3v) is 4.31. The average Bonchev–Trinajstić information content (AvgIpc) is 2.92. The molecule has 0 unspecified atom stereocenters. The first-order valence-corrected chi connectivity index (χ1v) is 8.32. The van der Waals surface area contributed by atoms with Crippen molar-refractivity contribution in [1.29, 1.82) is 0 Å². The van der Waals surface area contributed by atoms with Gasteiger partial charge in [0, 0.05) is 10.7 Å². The highest BCUT2D eigenvalue weighted by molar-refractivity contribution is 6.30. The third kappa shape index (κ3) is 3.42. The number of benzene rings is 2. The van der Waals surface area contributed by atoms with Crippen molar-refractivity contribution in [2.45, 2.75) is 27.7 Å². The lowest BCUT2D eigenvalue weighted by Crippen LogP contribution is -2.16. The SMILES string of the molecule is Cc1cc(C)c(NC(=O)c2nnn(-c3cccc(Cl)c3)c2C)c(C)c1. The maximum Gasteiger partial charge on any atom is 0.278 e. The van der Waals surface area contributed by atoms with Crippen molar-refractivity contribution >= 4 is 23.2 Å². The lowest BCUT2D eigenvalue weighted by atomic mass is 10.0. The average molecular weight is 355 g/mol. The Bertz CT molecular complexity index is 939. The van der Waals surface area contributed by atoms with Gasteiger partial charge in [-0.1, -0.05) is 40.6 Å². The zero-order valence-electron chi connectivity index (χ0n) is 14.6. The van der Waals surface area contributed by atoms with Gasteiger partial charge >= 0.3 is 0 Å². The number of nitrogens with zero attached hydrogens (tertiary/aromatic N) is 3. The quantitative estimate of drug-likeness (QED) is 0.758. The van der Waals surface area contributed by atoms with Crippen LogP contribution in [0, 0.1) is 27.7 Å². The van der Waals surface area contributed by atoms with Crippen LogP contribution in [0.3, 0.4) is 0 Å². The second kappa shape index (κ2) is 6.69. The fraction of sp³-hybridized carbons (Fsp3) is 0.211. The first-order valence-electron chi connectivity index (χ1n) is 7.94. The number of amides is 1. The molecule has 3 rings (SSSR count). The first-order chi connectivity index (χ1) is 11.9. The molecule has 128 valence electrons. The van der Waals surface area contributed by atoms with Gasteiger partial charge in [-0.05, 0) is 57.0 Å². The van der Waals surface area contributed by atoms with Gasteiger partial charge in [0.25, 0.3) is 5.91 Å². The van der Waals surface area contributed by atoms with Crippen LogP contribution < -0.4 is 5.32 Å². The summed E-state index contributed by atoms with van der Waals surface area (Å²) in [6.07, 6.45) is 0. The number of carbonyl (C=O) groups is 1. The van der Waals surface area contributed by atoms with Crippen LogP contribution in [-0.2, 0) is 0 Å². The van der Waals surface area contributed by atoms with Crippen molar-refractivity contribution in [3.8, 4) is 5.69 Å². The molecule has 1 N–H and O–H groups in total. The molecule has 0 bridgehead atoms. The summed E-state index contributed by atoms with van der Waals surface area (Å²) < 4.78 is 1.61. The van der Waals surface area contributed by atoms with Gasteiger partial charge in [-0.25, -0.2) is 4.68 Å². The van der Waals surface area contributed by atoms with Crippen LogP contribution in [0.15, 0.2) is 36.4 Å². The second-order valence-electron chi connectivity index (χ2n) is 6.14. The molecule has 1 aromatic heterocycles. The van der Waals surface area contributed by atoms with Gasteiger partial charge in [0.1, 0.15) is 0 Å². The van der Waals surface area contributed by atoms with Crippen molar-refractivity contribution in [2.24, 2.45) is 0 Å². The fourth-order valence-corrected chi connectivity index (χ4v) is 3.13. The largest absolute Gasteiger partial charge is 0.320 e. The summed E-state index contributed by atoms with van der Waals surface area (Å²) in [5.41, 5.74) is 5.72. The zero-order chi connectivity index (χ0) is 18.1. The molecule has 0 aliphatic rings. The third-order valence-electron chi connectivity index (χ3n) is 4.08. The molecular formula is C19H19ClN4O. The Morgan fingerprint density at radius 2 is 1.76 bits per heavy atom. The van der Waals surface area contributed by atoms with Crippen LogP contribution in [0.2, 0.25) is 5.02 Å². The van der Waals surface area contributed by atoms with Crippen molar-refractivity contribution in [3.63, 3.8) is 0 Å². The Kier molecular flexibility index (Phi) is 4.59. The maximum atomic E-state index is 12.7. The summed E-state index contributed by atoms with van der Waals surface area (Å²) in [4.78, 5) is 12.7. The van der Waals surface area contributed by atoms with E-state index in [1.807, 2.05) is 52.0 Å². The normalized spacial score (nSPS) is 10.8. The predicted octanol–water partition coefficient (Wildman–Crippen LogP) is 4.41. The Morgan fingerprint density at radius 1 is 1.08 bits per heavy atom. The van der Waals surface area contributed by atoms with E-state index in [1.165, 1.54) is 0 Å². The lowest BCUT2D eigenvalue weighted by Gasteiger charge is -2.12. The van der Waals surface area contributed by atoms with Crippen molar-refractivity contribution in [1.82, 2.24) is 15.0 Å². The van der Waals surface area contributed by atoms with Gasteiger partial charge in [-0.2, -0.15) is 0 Å². The minimum atomic E-state index is -0.277. The number of nitrogens with one attached hydrogen (secondary N) is 1. The molecule has 0 saturated carbocycles. The Morgan fingerprint density at radius 3 is 2.40 bits per heavy atom. The van der Waals surface area contributed by atoms with Crippen LogP contribution in [-0.4, -0.2) is 20.9 Å². The number of halogens is 1. The number of aromatic nitrogens is 3. The van der Waals surface area contributed by atoms with Gasteiger partial charge in [-0.3, -0.25) is 4.79 Å². The Labute approximate surface area is 151 Å². The van der Waals surface area contributed by atoms with Crippen molar-refractivity contribution in [2.75, 3.05) is 5.32 Å². The van der Waals surface area contributed by atoms with E-state index in [2.05, 4.69) is 15.6 Å². The van der Waals surface area contributed by atoms with Gasteiger partial charge in [0.05, 0.1) is 11.4 Å². The molecular weight excluding hydrogens is 336 g/mol. The summed E-state index contributed by atoms with van der Waals surface area (Å²) in [5.74, 6) is -0.277. The number of rotatable bonds is 3. The number of hydrogen-bond donors (Lipinski definition) is 1. The van der Waals surface area contributed by atoms with E-state index in [9.17, 15) is 4.79 Å². The summed E-state index contributed by atoms with van der Waals surface area (Å²) in [7, 11) is 0. The predicted molar refractivity (Wildman–Crippen MR) is 99.7 cm³/mol. The summed E-state index contributed by atoms with van der Waals surface area (Å²) in [6.45, 7) is 7.80. The van der Waals surface area contributed by atoms with E-state index in [-0.39, 0.29) is 5.91 Å². The van der Waals surface area contributed by atoms with Gasteiger partial charge < -0.3 is 5.32 Å². The summed E-state index contributed by atoms with van der Waals surface area (Å²) >= 11 is 6.03. The minimum Gasteiger partial charge on any atom is -0.320 e. The number of aryl methyl sites for hydroxylation is 3. The number of anilines is 1. The molecule has 25 heavy (non-hydrogen) atoms. The van der Waals surface area contributed by atoms with Crippen LogP contribution in [0.4, 0.5) is 5.69 Å². The number of carbonyl (C=O) groups excluding carboxylic acids is 1. The van der Waals surface area contributed by atoms with Crippen LogP contribution in [0.25, 0.3) is 5.69 Å². The van der Waals surface area contributed by atoms with Crippen molar-refractivity contribution < 1.29 is 4.79 Å². The van der Waals surface area contributed by atoms with E-state index in [4.69, 9.17) is 11.6 Å². The zero-order valence-corrected chi connectivity index (χ0v) is 15.3. The van der Waals surface area contributed by atoms with Gasteiger partial charge in [-0.15, -0.1) is 5.10 Å². The standard InChI is InChI=1S/C19H19ClN4O/c1-11-8-12(2)17(13(3)9-11)21-19(25)18-14(4)24(23-22-18)16-7-5-6-15(20)10-16/h5-10H,1-4H3,(H,21,25). The van der Waals surface area contributed by atoms with E-state index < -0.39 is 0 Å². The molecule has 0 aliphatic heterocycles. The van der Waals surface area contributed by atoms with E-state index in [1.54, 1.807) is 16.8 Å². The fourth-order valence-electron chi connectivity index (χ4n) is 2.94.